The molecule has 2 nitrogen and oxygen atoms in total. The Hall–Kier alpha value is -1.18. The summed E-state index contributed by atoms with van der Waals surface area (Å²) >= 11 is 0. The first kappa shape index (κ1) is 11.3. The predicted molar refractivity (Wildman–Crippen MR) is 71.2 cm³/mol. The molecule has 0 spiro atoms. The van der Waals surface area contributed by atoms with Gasteiger partial charge in [0.05, 0.1) is 11.4 Å². The van der Waals surface area contributed by atoms with Crippen LogP contribution in [0.1, 0.15) is 33.6 Å². The van der Waals surface area contributed by atoms with Crippen molar-refractivity contribution in [3.63, 3.8) is 0 Å². The second-order valence-electron chi connectivity index (χ2n) is 4.79. The standard InChI is InChI=1S/C14H22N2/c1-4-7-11(2)16-12(3)10-15-13-8-5-6-9-14(13)16/h5-6,8-9,11-12,15H,4,7,10H2,1-3H3. The van der Waals surface area contributed by atoms with Gasteiger partial charge in [0, 0.05) is 18.6 Å². The molecular weight excluding hydrogens is 196 g/mol. The zero-order valence-electron chi connectivity index (χ0n) is 10.5. The lowest BCUT2D eigenvalue weighted by Crippen LogP contribution is -2.47. The Morgan fingerprint density at radius 3 is 2.94 bits per heavy atom. The van der Waals surface area contributed by atoms with E-state index in [0.717, 1.165) is 6.54 Å². The third-order valence-corrected chi connectivity index (χ3v) is 3.43. The molecule has 0 aliphatic carbocycles. The summed E-state index contributed by atoms with van der Waals surface area (Å²) in [5.41, 5.74) is 2.64. The zero-order chi connectivity index (χ0) is 11.5. The van der Waals surface area contributed by atoms with Gasteiger partial charge >= 0.3 is 0 Å². The lowest BCUT2D eigenvalue weighted by molar-refractivity contribution is 0.520. The Morgan fingerprint density at radius 1 is 1.44 bits per heavy atom. The lowest BCUT2D eigenvalue weighted by atomic mass is 10.0. The largest absolute Gasteiger partial charge is 0.381 e. The molecule has 1 aromatic carbocycles. The molecule has 16 heavy (non-hydrogen) atoms. The van der Waals surface area contributed by atoms with E-state index in [-0.39, 0.29) is 0 Å². The minimum absolute atomic E-state index is 0.580. The van der Waals surface area contributed by atoms with Gasteiger partial charge in [0.15, 0.2) is 0 Å². The van der Waals surface area contributed by atoms with Crippen molar-refractivity contribution < 1.29 is 0 Å². The topological polar surface area (TPSA) is 15.3 Å². The highest BCUT2D eigenvalue weighted by Gasteiger charge is 2.25. The molecule has 88 valence electrons. The Morgan fingerprint density at radius 2 is 2.19 bits per heavy atom. The maximum Gasteiger partial charge on any atom is 0.0607 e. The smallest absolute Gasteiger partial charge is 0.0607 e. The minimum atomic E-state index is 0.580. The van der Waals surface area contributed by atoms with Crippen LogP contribution in [0.5, 0.6) is 0 Å². The molecule has 0 saturated carbocycles. The lowest BCUT2D eigenvalue weighted by Gasteiger charge is -2.41. The molecule has 0 bridgehead atoms. The molecule has 2 unspecified atom stereocenters. The Labute approximate surface area is 98.7 Å². The van der Waals surface area contributed by atoms with Crippen LogP contribution in [0, 0.1) is 0 Å². The van der Waals surface area contributed by atoms with Crippen molar-refractivity contribution in [3.8, 4) is 0 Å². The molecule has 2 atom stereocenters. The van der Waals surface area contributed by atoms with Crippen LogP contribution >= 0.6 is 0 Å². The van der Waals surface area contributed by atoms with Crippen LogP contribution in [0.25, 0.3) is 0 Å². The quantitative estimate of drug-likeness (QED) is 0.835. The first-order chi connectivity index (χ1) is 7.74. The Balaban J connectivity index is 2.29. The van der Waals surface area contributed by atoms with Crippen molar-refractivity contribution >= 4 is 11.4 Å². The van der Waals surface area contributed by atoms with Crippen molar-refractivity contribution in [1.82, 2.24) is 0 Å². The number of anilines is 2. The number of hydrogen-bond acceptors (Lipinski definition) is 2. The molecule has 1 heterocycles. The summed E-state index contributed by atoms with van der Waals surface area (Å²) < 4.78 is 0. The van der Waals surface area contributed by atoms with E-state index in [1.807, 2.05) is 0 Å². The van der Waals surface area contributed by atoms with Gasteiger partial charge in [-0.2, -0.15) is 0 Å². The number of benzene rings is 1. The maximum absolute atomic E-state index is 3.50. The zero-order valence-corrected chi connectivity index (χ0v) is 10.5. The highest BCUT2D eigenvalue weighted by Crippen LogP contribution is 2.33. The highest BCUT2D eigenvalue weighted by atomic mass is 15.2. The molecule has 0 saturated heterocycles. The van der Waals surface area contributed by atoms with Crippen LogP contribution < -0.4 is 10.2 Å². The summed E-state index contributed by atoms with van der Waals surface area (Å²) in [6, 6.07) is 9.84. The number of para-hydroxylation sites is 2. The molecular formula is C14H22N2. The molecule has 2 rings (SSSR count). The first-order valence-corrected chi connectivity index (χ1v) is 6.35. The fraction of sp³-hybridized carbons (Fsp3) is 0.571. The summed E-state index contributed by atoms with van der Waals surface area (Å²) in [6.07, 6.45) is 2.51. The van der Waals surface area contributed by atoms with E-state index in [1.54, 1.807) is 0 Å². The monoisotopic (exact) mass is 218 g/mol. The second-order valence-corrected chi connectivity index (χ2v) is 4.79. The van der Waals surface area contributed by atoms with E-state index < -0.39 is 0 Å². The van der Waals surface area contributed by atoms with E-state index in [2.05, 4.69) is 55.3 Å². The predicted octanol–water partition coefficient (Wildman–Crippen LogP) is 3.50. The van der Waals surface area contributed by atoms with E-state index in [4.69, 9.17) is 0 Å². The second kappa shape index (κ2) is 4.77. The van der Waals surface area contributed by atoms with Gasteiger partial charge in [-0.1, -0.05) is 25.5 Å². The van der Waals surface area contributed by atoms with Gasteiger partial charge < -0.3 is 10.2 Å². The summed E-state index contributed by atoms with van der Waals surface area (Å²) in [4.78, 5) is 2.56. The van der Waals surface area contributed by atoms with Gasteiger partial charge in [0.2, 0.25) is 0 Å². The molecule has 0 aromatic heterocycles. The summed E-state index contributed by atoms with van der Waals surface area (Å²) in [5, 5.41) is 3.50. The number of fused-ring (bicyclic) bond motifs is 1. The van der Waals surface area contributed by atoms with Gasteiger partial charge in [-0.25, -0.2) is 0 Å². The molecule has 1 aliphatic rings. The number of hydrogen-bond donors (Lipinski definition) is 1. The molecule has 1 aliphatic heterocycles. The van der Waals surface area contributed by atoms with Crippen LogP contribution in [0.15, 0.2) is 24.3 Å². The van der Waals surface area contributed by atoms with Crippen molar-refractivity contribution in [2.45, 2.75) is 45.7 Å². The van der Waals surface area contributed by atoms with Gasteiger partial charge in [-0.15, -0.1) is 0 Å². The number of nitrogens with one attached hydrogen (secondary N) is 1. The van der Waals surface area contributed by atoms with Crippen molar-refractivity contribution in [2.24, 2.45) is 0 Å². The normalized spacial score (nSPS) is 21.2. The van der Waals surface area contributed by atoms with Crippen LogP contribution in [0.4, 0.5) is 11.4 Å². The highest BCUT2D eigenvalue weighted by molar-refractivity contribution is 5.72. The average Bonchev–Trinajstić information content (AvgIpc) is 2.29. The van der Waals surface area contributed by atoms with Crippen LogP contribution in [0.2, 0.25) is 0 Å². The minimum Gasteiger partial charge on any atom is -0.381 e. The Bertz CT molecular complexity index is 348. The summed E-state index contributed by atoms with van der Waals surface area (Å²) in [5.74, 6) is 0. The SMILES string of the molecule is CCCC(C)N1c2ccccc2NCC1C. The van der Waals surface area contributed by atoms with E-state index in [0.29, 0.717) is 12.1 Å². The van der Waals surface area contributed by atoms with Gasteiger partial charge in [-0.3, -0.25) is 0 Å². The van der Waals surface area contributed by atoms with Crippen molar-refractivity contribution in [3.05, 3.63) is 24.3 Å². The molecule has 2 heteroatoms. The van der Waals surface area contributed by atoms with E-state index in [1.165, 1.54) is 24.2 Å². The molecule has 0 radical (unpaired) electrons. The van der Waals surface area contributed by atoms with E-state index >= 15 is 0 Å². The average molecular weight is 218 g/mol. The van der Waals surface area contributed by atoms with Crippen molar-refractivity contribution in [1.29, 1.82) is 0 Å². The fourth-order valence-electron chi connectivity index (χ4n) is 2.67. The van der Waals surface area contributed by atoms with Gasteiger partial charge in [0.25, 0.3) is 0 Å². The third kappa shape index (κ3) is 2.01. The maximum atomic E-state index is 3.50. The van der Waals surface area contributed by atoms with Gasteiger partial charge in [-0.05, 0) is 32.4 Å². The van der Waals surface area contributed by atoms with Crippen LogP contribution in [-0.2, 0) is 0 Å². The molecule has 0 amide bonds. The fourth-order valence-corrected chi connectivity index (χ4v) is 2.67. The summed E-state index contributed by atoms with van der Waals surface area (Å²) in [6.45, 7) is 7.94. The van der Waals surface area contributed by atoms with Gasteiger partial charge in [0.1, 0.15) is 0 Å². The number of nitrogens with zero attached hydrogens (tertiary/aromatic N) is 1. The van der Waals surface area contributed by atoms with Crippen molar-refractivity contribution in [2.75, 3.05) is 16.8 Å². The van der Waals surface area contributed by atoms with E-state index in [9.17, 15) is 0 Å². The molecule has 1 N–H and O–H groups in total. The number of rotatable bonds is 3. The Kier molecular flexibility index (Phi) is 3.37. The first-order valence-electron chi connectivity index (χ1n) is 6.35. The van der Waals surface area contributed by atoms with Crippen LogP contribution in [-0.4, -0.2) is 18.6 Å². The molecule has 0 fully saturated rings. The summed E-state index contributed by atoms with van der Waals surface area (Å²) in [7, 11) is 0. The molecule has 1 aromatic rings. The third-order valence-electron chi connectivity index (χ3n) is 3.43. The van der Waals surface area contributed by atoms with Crippen LogP contribution in [0.3, 0.4) is 0 Å².